The van der Waals surface area contributed by atoms with Crippen LogP contribution in [0.25, 0.3) is 22.2 Å². The number of nitrogens with one attached hydrogen (secondary N) is 2. The Labute approximate surface area is 117 Å². The summed E-state index contributed by atoms with van der Waals surface area (Å²) in [5, 5.41) is 0.924. The third-order valence-electron chi connectivity index (χ3n) is 3.13. The third-order valence-corrected chi connectivity index (χ3v) is 3.47. The van der Waals surface area contributed by atoms with Crippen molar-refractivity contribution in [2.75, 3.05) is 7.11 Å². The van der Waals surface area contributed by atoms with Gasteiger partial charge in [-0.05, 0) is 29.7 Å². The quantitative estimate of drug-likeness (QED) is 0.553. The van der Waals surface area contributed by atoms with E-state index in [2.05, 4.69) is 9.97 Å². The molecule has 1 aromatic carbocycles. The molecule has 2 N–H and O–H groups in total. The van der Waals surface area contributed by atoms with Crippen molar-refractivity contribution >= 4 is 36.4 Å². The first-order chi connectivity index (χ1) is 9.20. The van der Waals surface area contributed by atoms with Crippen LogP contribution in [0.4, 0.5) is 0 Å². The summed E-state index contributed by atoms with van der Waals surface area (Å²) in [7, 11) is 7.71. The zero-order valence-corrected chi connectivity index (χ0v) is 11.2. The number of fused-ring (bicyclic) bond motifs is 1. The molecule has 0 fully saturated rings. The van der Waals surface area contributed by atoms with Gasteiger partial charge in [0.05, 0.1) is 7.11 Å². The van der Waals surface area contributed by atoms with Crippen molar-refractivity contribution in [3.63, 3.8) is 0 Å². The molecule has 3 aromatic rings. The Kier molecular flexibility index (Phi) is 2.91. The first-order valence-electron chi connectivity index (χ1n) is 5.83. The first-order valence-corrected chi connectivity index (χ1v) is 6.24. The lowest BCUT2D eigenvalue weighted by atomic mass is 9.91. The fourth-order valence-electron chi connectivity index (χ4n) is 2.14. The second-order valence-electron chi connectivity index (χ2n) is 4.25. The number of pyridine rings is 1. The summed E-state index contributed by atoms with van der Waals surface area (Å²) < 4.78 is 6.00. The van der Waals surface area contributed by atoms with E-state index in [4.69, 9.17) is 24.8 Å². The smallest absolute Gasteiger partial charge is 0.121 e. The van der Waals surface area contributed by atoms with Crippen molar-refractivity contribution in [1.82, 2.24) is 9.97 Å². The summed E-state index contributed by atoms with van der Waals surface area (Å²) in [6.07, 6.45) is 3.77. The van der Waals surface area contributed by atoms with Crippen molar-refractivity contribution in [2.45, 2.75) is 0 Å². The Morgan fingerprint density at radius 3 is 2.79 bits per heavy atom. The van der Waals surface area contributed by atoms with Gasteiger partial charge in [0.2, 0.25) is 0 Å². The molecule has 0 aliphatic rings. The molecule has 0 unspecified atom stereocenters. The highest BCUT2D eigenvalue weighted by Gasteiger charge is 2.07. The van der Waals surface area contributed by atoms with Gasteiger partial charge >= 0.3 is 0 Å². The Hall–Kier alpha value is -2.01. The molecule has 0 saturated carbocycles. The summed E-state index contributed by atoms with van der Waals surface area (Å²) in [4.78, 5) is 6.34. The molecule has 92 valence electrons. The molecule has 2 radical (unpaired) electrons. The van der Waals surface area contributed by atoms with Crippen LogP contribution >= 0.6 is 12.2 Å². The van der Waals surface area contributed by atoms with Gasteiger partial charge in [-0.1, -0.05) is 12.2 Å². The highest BCUT2D eigenvalue weighted by atomic mass is 32.1. The summed E-state index contributed by atoms with van der Waals surface area (Å²) in [5.41, 5.74) is 3.35. The van der Waals surface area contributed by atoms with Gasteiger partial charge < -0.3 is 14.7 Å². The molecule has 3 rings (SSSR count). The number of aromatic nitrogens is 2. The van der Waals surface area contributed by atoms with E-state index in [9.17, 15) is 0 Å². The van der Waals surface area contributed by atoms with Gasteiger partial charge in [-0.2, -0.15) is 0 Å². The van der Waals surface area contributed by atoms with Gasteiger partial charge in [-0.3, -0.25) is 0 Å². The lowest BCUT2D eigenvalue weighted by Crippen LogP contribution is -2.10. The van der Waals surface area contributed by atoms with Crippen LogP contribution in [-0.4, -0.2) is 24.9 Å². The molecule has 0 aliphatic heterocycles. The Balaban J connectivity index is 2.35. The van der Waals surface area contributed by atoms with Gasteiger partial charge in [0, 0.05) is 39.1 Å². The molecule has 0 aliphatic carbocycles. The molecule has 0 bridgehead atoms. The van der Waals surface area contributed by atoms with Gasteiger partial charge in [0.15, 0.2) is 0 Å². The van der Waals surface area contributed by atoms with E-state index in [-0.39, 0.29) is 0 Å². The molecule has 2 heterocycles. The van der Waals surface area contributed by atoms with E-state index in [1.54, 1.807) is 7.11 Å². The molecule has 19 heavy (non-hydrogen) atoms. The number of benzene rings is 1. The Bertz CT molecular complexity index is 793. The molecule has 3 nitrogen and oxygen atoms in total. The zero-order valence-electron chi connectivity index (χ0n) is 10.4. The van der Waals surface area contributed by atoms with Crippen LogP contribution in [-0.2, 0) is 0 Å². The molecular weight excluding hydrogens is 255 g/mol. The van der Waals surface area contributed by atoms with Crippen molar-refractivity contribution in [2.24, 2.45) is 0 Å². The molecule has 0 saturated heterocycles. The highest BCUT2D eigenvalue weighted by Crippen LogP contribution is 2.23. The number of H-pyrrole nitrogens is 2. The Morgan fingerprint density at radius 1 is 1.26 bits per heavy atom. The predicted octanol–water partition coefficient (Wildman–Crippen LogP) is 2.69. The summed E-state index contributed by atoms with van der Waals surface area (Å²) in [5.74, 6) is 0.643. The van der Waals surface area contributed by atoms with E-state index in [1.807, 2.05) is 36.7 Å². The van der Waals surface area contributed by atoms with Gasteiger partial charge in [-0.25, -0.2) is 0 Å². The maximum Gasteiger partial charge on any atom is 0.121 e. The number of methoxy groups -OCH3 is 1. The number of hydrogen-bond acceptors (Lipinski definition) is 2. The van der Waals surface area contributed by atoms with E-state index >= 15 is 0 Å². The second-order valence-corrected chi connectivity index (χ2v) is 4.69. The van der Waals surface area contributed by atoms with Gasteiger partial charge in [-0.15, -0.1) is 0 Å². The van der Waals surface area contributed by atoms with Crippen molar-refractivity contribution < 1.29 is 4.74 Å². The van der Waals surface area contributed by atoms with Crippen LogP contribution in [0.5, 0.6) is 5.75 Å². The van der Waals surface area contributed by atoms with Crippen molar-refractivity contribution in [1.29, 1.82) is 0 Å². The lowest BCUT2D eigenvalue weighted by molar-refractivity contribution is 0.418. The van der Waals surface area contributed by atoms with Crippen molar-refractivity contribution in [3.05, 3.63) is 41.2 Å². The molecule has 2 aromatic heterocycles. The van der Waals surface area contributed by atoms with Crippen LogP contribution in [0.2, 0.25) is 0 Å². The van der Waals surface area contributed by atoms with Gasteiger partial charge in [0.1, 0.15) is 13.6 Å². The molecular formula is C14H11BN2OS. The van der Waals surface area contributed by atoms with Crippen LogP contribution in [0.3, 0.4) is 0 Å². The largest absolute Gasteiger partial charge is 0.497 e. The molecule has 5 heteroatoms. The minimum atomic E-state index is 0.573. The fourth-order valence-corrected chi connectivity index (χ4v) is 2.43. The number of hydrogen-bond donors (Lipinski definition) is 2. The van der Waals surface area contributed by atoms with Crippen molar-refractivity contribution in [3.8, 4) is 17.0 Å². The number of ether oxygens (including phenoxy) is 1. The predicted molar refractivity (Wildman–Crippen MR) is 80.9 cm³/mol. The molecule has 0 atom stereocenters. The number of rotatable bonds is 2. The SMILES string of the molecule is [B]c1c(OC)ccc2c(=S)cc(-c3cc[nH]c3)[nH]c12. The normalized spacial score (nSPS) is 10.8. The summed E-state index contributed by atoms with van der Waals surface area (Å²) in [6, 6.07) is 7.66. The summed E-state index contributed by atoms with van der Waals surface area (Å²) in [6.45, 7) is 0. The Morgan fingerprint density at radius 2 is 2.11 bits per heavy atom. The van der Waals surface area contributed by atoms with E-state index in [0.29, 0.717) is 11.2 Å². The fraction of sp³-hybridized carbons (Fsp3) is 0.0714. The summed E-state index contributed by atoms with van der Waals surface area (Å²) >= 11 is 5.43. The van der Waals surface area contributed by atoms with Gasteiger partial charge in [0.25, 0.3) is 0 Å². The van der Waals surface area contributed by atoms with Crippen LogP contribution in [0.1, 0.15) is 0 Å². The number of aromatic amines is 2. The monoisotopic (exact) mass is 266 g/mol. The van der Waals surface area contributed by atoms with E-state index in [0.717, 1.165) is 26.7 Å². The van der Waals surface area contributed by atoms with E-state index < -0.39 is 0 Å². The molecule has 0 amide bonds. The standard InChI is InChI=1S/C14H11BN2OS/c1-18-11-3-2-9-12(19)6-10(8-4-5-16-7-8)17-14(9)13(11)15/h2-7,16H,1H3,(H,17,19). The topological polar surface area (TPSA) is 40.8 Å². The van der Waals surface area contributed by atoms with Crippen LogP contribution in [0.15, 0.2) is 36.7 Å². The second kappa shape index (κ2) is 4.59. The maximum atomic E-state index is 6.11. The average molecular weight is 266 g/mol. The van der Waals surface area contributed by atoms with Crippen LogP contribution < -0.4 is 10.2 Å². The third kappa shape index (κ3) is 1.96. The van der Waals surface area contributed by atoms with E-state index in [1.165, 1.54) is 0 Å². The average Bonchev–Trinajstić information content (AvgIpc) is 2.94. The minimum absolute atomic E-state index is 0.573. The minimum Gasteiger partial charge on any atom is -0.497 e. The van der Waals surface area contributed by atoms with Crippen LogP contribution in [0, 0.1) is 4.51 Å². The lowest BCUT2D eigenvalue weighted by Gasteiger charge is -2.10. The highest BCUT2D eigenvalue weighted by molar-refractivity contribution is 7.71. The maximum absolute atomic E-state index is 6.11. The molecule has 0 spiro atoms. The zero-order chi connectivity index (χ0) is 13.4. The first kappa shape index (κ1) is 12.1.